The fraction of sp³-hybridized carbons (Fsp3) is 0.652. The monoisotopic (exact) mass is 464 g/mol. The molecule has 4 heterocycles. The van der Waals surface area contributed by atoms with Gasteiger partial charge in [-0.25, -0.2) is 0 Å². The fourth-order valence-corrected chi connectivity index (χ4v) is 8.30. The molecule has 0 amide bonds. The number of likely N-dealkylation sites (tertiary alicyclic amines) is 1. The van der Waals surface area contributed by atoms with Crippen molar-refractivity contribution in [2.75, 3.05) is 24.6 Å². The molecule has 2 atom stereocenters. The molecule has 5 nitrogen and oxygen atoms in total. The van der Waals surface area contributed by atoms with Gasteiger partial charge in [0.1, 0.15) is 17.2 Å². The van der Waals surface area contributed by atoms with Crippen molar-refractivity contribution in [3.63, 3.8) is 0 Å². The van der Waals surface area contributed by atoms with Crippen LogP contribution in [0, 0.1) is 17.3 Å². The SMILES string of the molecule is CCn1nc(-c2ccnc(C(F)(F)F)c2)cc1C1C2CC(N3CCC4(C3)C[S+]([O-])C4)CC21. The third kappa shape index (κ3) is 3.39. The van der Waals surface area contributed by atoms with Crippen LogP contribution in [0.25, 0.3) is 11.3 Å². The standard InChI is InChI=1S/C23H27F3N4OS/c1-2-30-19(10-18(28-30)14-3-5-27-20(7-14)23(24,25)26)21-16-8-15(9-17(16)21)29-6-4-22(11-29)12-32(31)13-22/h3,5,7,10,15-17,21H,2,4,6,8-9,11-13H2,1H3. The Morgan fingerprint density at radius 3 is 2.62 bits per heavy atom. The van der Waals surface area contributed by atoms with Crippen molar-refractivity contribution >= 4 is 11.2 Å². The van der Waals surface area contributed by atoms with E-state index in [-0.39, 0.29) is 0 Å². The molecule has 9 heteroatoms. The van der Waals surface area contributed by atoms with E-state index < -0.39 is 23.0 Å². The Morgan fingerprint density at radius 2 is 1.97 bits per heavy atom. The number of alkyl halides is 3. The molecule has 4 aliphatic rings. The maximum atomic E-state index is 13.1. The molecule has 2 unspecified atom stereocenters. The van der Waals surface area contributed by atoms with Gasteiger partial charge >= 0.3 is 6.18 Å². The molecule has 1 spiro atoms. The highest BCUT2D eigenvalue weighted by Gasteiger charge is 2.61. The van der Waals surface area contributed by atoms with E-state index in [1.807, 2.05) is 17.7 Å². The summed E-state index contributed by atoms with van der Waals surface area (Å²) in [5, 5.41) is 4.63. The van der Waals surface area contributed by atoms with Gasteiger partial charge < -0.3 is 4.55 Å². The molecule has 32 heavy (non-hydrogen) atoms. The number of hydrogen-bond acceptors (Lipinski definition) is 4. The molecule has 2 aromatic rings. The van der Waals surface area contributed by atoms with Crippen molar-refractivity contribution in [2.45, 2.75) is 50.9 Å². The summed E-state index contributed by atoms with van der Waals surface area (Å²) < 4.78 is 52.8. The maximum Gasteiger partial charge on any atom is 0.433 e. The van der Waals surface area contributed by atoms with E-state index in [9.17, 15) is 17.7 Å². The van der Waals surface area contributed by atoms with E-state index in [0.29, 0.717) is 47.0 Å². The Kier molecular flexibility index (Phi) is 4.73. The molecule has 4 fully saturated rings. The first-order chi connectivity index (χ1) is 15.3. The van der Waals surface area contributed by atoms with Crippen LogP contribution in [-0.4, -0.2) is 54.9 Å². The largest absolute Gasteiger partial charge is 0.616 e. The number of fused-ring (bicyclic) bond motifs is 1. The zero-order valence-electron chi connectivity index (χ0n) is 18.0. The van der Waals surface area contributed by atoms with Crippen molar-refractivity contribution < 1.29 is 17.7 Å². The lowest BCUT2D eigenvalue weighted by molar-refractivity contribution is -0.141. The van der Waals surface area contributed by atoms with Crippen molar-refractivity contribution in [3.05, 3.63) is 35.8 Å². The summed E-state index contributed by atoms with van der Waals surface area (Å²) in [6.45, 7) is 4.97. The fourth-order valence-electron chi connectivity index (χ4n) is 6.55. The summed E-state index contributed by atoms with van der Waals surface area (Å²) in [7, 11) is 0. The van der Waals surface area contributed by atoms with Crippen LogP contribution >= 0.6 is 0 Å². The number of halogens is 3. The molecule has 0 aromatic carbocycles. The van der Waals surface area contributed by atoms with E-state index in [1.165, 1.54) is 25.5 Å². The van der Waals surface area contributed by atoms with Gasteiger partial charge in [-0.05, 0) is 62.8 Å². The van der Waals surface area contributed by atoms with Crippen molar-refractivity contribution in [2.24, 2.45) is 17.3 Å². The zero-order chi connectivity index (χ0) is 22.3. The summed E-state index contributed by atoms with van der Waals surface area (Å²) in [4.78, 5) is 6.11. The molecule has 172 valence electrons. The summed E-state index contributed by atoms with van der Waals surface area (Å²) >= 11 is -0.593. The van der Waals surface area contributed by atoms with Gasteiger partial charge in [-0.2, -0.15) is 18.3 Å². The van der Waals surface area contributed by atoms with Crippen LogP contribution in [0.1, 0.15) is 43.5 Å². The normalized spacial score (nSPS) is 36.5. The molecule has 2 saturated heterocycles. The third-order valence-corrected chi connectivity index (χ3v) is 10.0. The first-order valence-electron chi connectivity index (χ1n) is 11.5. The van der Waals surface area contributed by atoms with Crippen LogP contribution in [0.3, 0.4) is 0 Å². The summed E-state index contributed by atoms with van der Waals surface area (Å²) in [6, 6.07) is 5.31. The van der Waals surface area contributed by atoms with Gasteiger partial charge in [-0.15, -0.1) is 0 Å². The van der Waals surface area contributed by atoms with Crippen LogP contribution in [0.15, 0.2) is 24.4 Å². The number of aryl methyl sites for hydroxylation is 1. The van der Waals surface area contributed by atoms with Crippen LogP contribution < -0.4 is 0 Å². The van der Waals surface area contributed by atoms with Gasteiger partial charge in [0.05, 0.1) is 11.1 Å². The number of rotatable bonds is 4. The number of pyridine rings is 1. The second kappa shape index (κ2) is 7.21. The molecular weight excluding hydrogens is 437 g/mol. The van der Waals surface area contributed by atoms with Crippen molar-refractivity contribution in [1.82, 2.24) is 19.7 Å². The molecule has 2 aliphatic carbocycles. The molecule has 2 aliphatic heterocycles. The van der Waals surface area contributed by atoms with E-state index >= 15 is 0 Å². The van der Waals surface area contributed by atoms with E-state index in [1.54, 1.807) is 6.07 Å². The summed E-state index contributed by atoms with van der Waals surface area (Å²) in [5.74, 6) is 3.52. The van der Waals surface area contributed by atoms with Gasteiger partial charge in [0.15, 0.2) is 0 Å². The highest BCUT2D eigenvalue weighted by atomic mass is 32.2. The average molecular weight is 465 g/mol. The minimum Gasteiger partial charge on any atom is -0.616 e. The minimum atomic E-state index is -4.46. The van der Waals surface area contributed by atoms with E-state index in [4.69, 9.17) is 0 Å². The lowest BCUT2D eigenvalue weighted by Crippen LogP contribution is -2.50. The molecular formula is C23H27F3N4OS. The second-order valence-electron chi connectivity index (χ2n) is 10.1. The minimum absolute atomic E-state index is 0.326. The Morgan fingerprint density at radius 1 is 1.22 bits per heavy atom. The maximum absolute atomic E-state index is 13.1. The smallest absolute Gasteiger partial charge is 0.433 e. The van der Waals surface area contributed by atoms with Gasteiger partial charge in [-0.1, -0.05) is 11.2 Å². The molecule has 0 radical (unpaired) electrons. The first-order valence-corrected chi connectivity index (χ1v) is 13.0. The van der Waals surface area contributed by atoms with Gasteiger partial charge in [0.2, 0.25) is 0 Å². The quantitative estimate of drug-likeness (QED) is 0.644. The Bertz CT molecular complexity index is 1020. The predicted octanol–water partition coefficient (Wildman–Crippen LogP) is 3.93. The zero-order valence-corrected chi connectivity index (χ0v) is 18.8. The number of nitrogens with zero attached hydrogens (tertiary/aromatic N) is 4. The molecule has 0 N–H and O–H groups in total. The van der Waals surface area contributed by atoms with Gasteiger partial charge in [0, 0.05) is 42.5 Å². The Labute approximate surface area is 188 Å². The Hall–Kier alpha value is -1.58. The second-order valence-corrected chi connectivity index (χ2v) is 11.6. The van der Waals surface area contributed by atoms with Crippen molar-refractivity contribution in [1.29, 1.82) is 0 Å². The summed E-state index contributed by atoms with van der Waals surface area (Å²) in [5.41, 5.74) is 1.66. The molecule has 6 rings (SSSR count). The topological polar surface area (TPSA) is 57.0 Å². The lowest BCUT2D eigenvalue weighted by atomic mass is 9.91. The first kappa shape index (κ1) is 21.0. The van der Waals surface area contributed by atoms with Crippen LogP contribution in [0.5, 0.6) is 0 Å². The van der Waals surface area contributed by atoms with Gasteiger partial charge in [-0.3, -0.25) is 14.6 Å². The van der Waals surface area contributed by atoms with Crippen LogP contribution in [0.4, 0.5) is 13.2 Å². The molecule has 2 aromatic heterocycles. The third-order valence-electron chi connectivity index (χ3n) is 8.14. The van der Waals surface area contributed by atoms with Crippen molar-refractivity contribution in [3.8, 4) is 11.3 Å². The predicted molar refractivity (Wildman–Crippen MR) is 115 cm³/mol. The summed E-state index contributed by atoms with van der Waals surface area (Å²) in [6.07, 6.45) is 0.307. The lowest BCUT2D eigenvalue weighted by Gasteiger charge is -2.39. The van der Waals surface area contributed by atoms with Crippen LogP contribution in [-0.2, 0) is 23.9 Å². The Balaban J connectivity index is 1.16. The number of aromatic nitrogens is 3. The van der Waals surface area contributed by atoms with Crippen LogP contribution in [0.2, 0.25) is 0 Å². The van der Waals surface area contributed by atoms with E-state index in [0.717, 1.165) is 36.4 Å². The average Bonchev–Trinajstić information content (AvgIpc) is 3.19. The molecule has 0 bridgehead atoms. The highest BCUT2D eigenvalue weighted by molar-refractivity contribution is 7.92. The van der Waals surface area contributed by atoms with Gasteiger partial charge in [0.25, 0.3) is 0 Å². The number of hydrogen-bond donors (Lipinski definition) is 0. The van der Waals surface area contributed by atoms with E-state index in [2.05, 4.69) is 15.0 Å². The highest BCUT2D eigenvalue weighted by Crippen LogP contribution is 2.64. The molecule has 2 saturated carbocycles.